The van der Waals surface area contributed by atoms with Crippen LogP contribution in [-0.4, -0.2) is 17.4 Å². The number of hydrogen-bond donors (Lipinski definition) is 1. The molecule has 66 valence electrons. The van der Waals surface area contributed by atoms with Crippen LogP contribution in [0.15, 0.2) is 22.8 Å². The van der Waals surface area contributed by atoms with Crippen LogP contribution in [0.5, 0.6) is 0 Å². The van der Waals surface area contributed by atoms with Gasteiger partial charge in [-0.2, -0.15) is 0 Å². The van der Waals surface area contributed by atoms with Crippen molar-refractivity contribution in [3.63, 3.8) is 0 Å². The maximum Gasteiger partial charge on any atom is 0.140 e. The Morgan fingerprint density at radius 2 is 2.42 bits per heavy atom. The fraction of sp³-hybridized carbons (Fsp3) is 0.375. The molecule has 0 spiro atoms. The molecule has 2 nitrogen and oxygen atoms in total. The molecule has 0 aliphatic heterocycles. The van der Waals surface area contributed by atoms with E-state index < -0.39 is 0 Å². The summed E-state index contributed by atoms with van der Waals surface area (Å²) < 4.78 is 0.986. The Bertz CT molecular complexity index is 242. The van der Waals surface area contributed by atoms with Crippen molar-refractivity contribution in [2.45, 2.75) is 6.42 Å². The number of rotatable bonds is 4. The second-order valence-corrected chi connectivity index (χ2v) is 3.54. The summed E-state index contributed by atoms with van der Waals surface area (Å²) in [5.74, 6) is 1.56. The Morgan fingerprint density at radius 1 is 1.58 bits per heavy atom. The molecule has 0 fully saturated rings. The second kappa shape index (κ2) is 5.38. The summed E-state index contributed by atoms with van der Waals surface area (Å²) in [6, 6.07) is 3.84. The van der Waals surface area contributed by atoms with Crippen molar-refractivity contribution in [1.29, 1.82) is 0 Å². The maximum atomic E-state index is 5.54. The zero-order valence-corrected chi connectivity index (χ0v) is 8.90. The summed E-state index contributed by atoms with van der Waals surface area (Å²) >= 11 is 8.93. The van der Waals surface area contributed by atoms with Gasteiger partial charge >= 0.3 is 0 Å². The number of alkyl halides is 1. The van der Waals surface area contributed by atoms with E-state index in [-0.39, 0.29) is 0 Å². The van der Waals surface area contributed by atoms with Gasteiger partial charge in [-0.3, -0.25) is 0 Å². The molecule has 0 amide bonds. The van der Waals surface area contributed by atoms with E-state index in [9.17, 15) is 0 Å². The second-order valence-electron chi connectivity index (χ2n) is 2.30. The normalized spacial score (nSPS) is 9.83. The first kappa shape index (κ1) is 9.81. The van der Waals surface area contributed by atoms with E-state index in [2.05, 4.69) is 26.2 Å². The third kappa shape index (κ3) is 2.99. The highest BCUT2D eigenvalue weighted by atomic mass is 79.9. The standard InChI is InChI=1S/C8H10BrClN2/c9-7-3-1-5-11-8(7)12-6-2-4-10/h1,3,5H,2,4,6H2,(H,11,12). The molecule has 1 N–H and O–H groups in total. The minimum atomic E-state index is 0.678. The number of nitrogens with zero attached hydrogens (tertiary/aromatic N) is 1. The Morgan fingerprint density at radius 3 is 3.08 bits per heavy atom. The molecular weight excluding hydrogens is 239 g/mol. The highest BCUT2D eigenvalue weighted by molar-refractivity contribution is 9.10. The van der Waals surface area contributed by atoms with Gasteiger partial charge in [0.25, 0.3) is 0 Å². The van der Waals surface area contributed by atoms with Gasteiger partial charge in [0.1, 0.15) is 5.82 Å². The lowest BCUT2D eigenvalue weighted by molar-refractivity contribution is 0.974. The van der Waals surface area contributed by atoms with E-state index in [1.165, 1.54) is 0 Å². The summed E-state index contributed by atoms with van der Waals surface area (Å²) in [7, 11) is 0. The summed E-state index contributed by atoms with van der Waals surface area (Å²) in [6.45, 7) is 0.860. The molecule has 4 heteroatoms. The fourth-order valence-corrected chi connectivity index (χ4v) is 1.32. The molecule has 0 saturated carbocycles. The molecule has 1 heterocycles. The third-order valence-electron chi connectivity index (χ3n) is 1.36. The number of halogens is 2. The van der Waals surface area contributed by atoms with Crippen molar-refractivity contribution in [2.75, 3.05) is 17.7 Å². The van der Waals surface area contributed by atoms with Crippen LogP contribution in [0, 0.1) is 0 Å². The molecule has 0 unspecified atom stereocenters. The quantitative estimate of drug-likeness (QED) is 0.656. The van der Waals surface area contributed by atoms with Gasteiger partial charge in [0.2, 0.25) is 0 Å². The number of hydrogen-bond acceptors (Lipinski definition) is 2. The minimum absolute atomic E-state index is 0.678. The fourth-order valence-electron chi connectivity index (χ4n) is 0.789. The van der Waals surface area contributed by atoms with E-state index in [0.717, 1.165) is 23.3 Å². The maximum absolute atomic E-state index is 5.54. The first-order chi connectivity index (χ1) is 5.84. The molecular formula is C8H10BrClN2. The number of nitrogens with one attached hydrogen (secondary N) is 1. The zero-order chi connectivity index (χ0) is 8.81. The Hall–Kier alpha value is -0.280. The number of aromatic nitrogens is 1. The van der Waals surface area contributed by atoms with Crippen LogP contribution >= 0.6 is 27.5 Å². The first-order valence-corrected chi connectivity index (χ1v) is 5.07. The Kier molecular flexibility index (Phi) is 4.40. The van der Waals surface area contributed by atoms with E-state index in [1.807, 2.05) is 12.1 Å². The van der Waals surface area contributed by atoms with Crippen molar-refractivity contribution in [3.05, 3.63) is 22.8 Å². The molecule has 1 rings (SSSR count). The van der Waals surface area contributed by atoms with Gasteiger partial charge in [-0.15, -0.1) is 11.6 Å². The van der Waals surface area contributed by atoms with Crippen molar-refractivity contribution < 1.29 is 0 Å². The molecule has 0 atom stereocenters. The van der Waals surface area contributed by atoms with E-state index in [4.69, 9.17) is 11.6 Å². The lowest BCUT2D eigenvalue weighted by atomic mass is 10.4. The van der Waals surface area contributed by atoms with Crippen LogP contribution < -0.4 is 5.32 Å². The molecule has 0 aliphatic rings. The lowest BCUT2D eigenvalue weighted by Crippen LogP contribution is -2.03. The molecule has 1 aromatic heterocycles. The largest absolute Gasteiger partial charge is 0.369 e. The SMILES string of the molecule is ClCCCNc1ncccc1Br. The van der Waals surface area contributed by atoms with Gasteiger partial charge in [-0.1, -0.05) is 0 Å². The highest BCUT2D eigenvalue weighted by Gasteiger charge is 1.96. The molecule has 0 radical (unpaired) electrons. The minimum Gasteiger partial charge on any atom is -0.369 e. The Labute approximate surface area is 85.5 Å². The van der Waals surface area contributed by atoms with Crippen molar-refractivity contribution in [2.24, 2.45) is 0 Å². The number of anilines is 1. The van der Waals surface area contributed by atoms with Crippen LogP contribution in [0.3, 0.4) is 0 Å². The molecule has 12 heavy (non-hydrogen) atoms. The van der Waals surface area contributed by atoms with Crippen LogP contribution in [0.25, 0.3) is 0 Å². The molecule has 0 bridgehead atoms. The van der Waals surface area contributed by atoms with Gasteiger partial charge in [0, 0.05) is 18.6 Å². The zero-order valence-electron chi connectivity index (χ0n) is 6.56. The van der Waals surface area contributed by atoms with E-state index >= 15 is 0 Å². The molecule has 0 aliphatic carbocycles. The van der Waals surface area contributed by atoms with Gasteiger partial charge in [0.15, 0.2) is 0 Å². The summed E-state index contributed by atoms with van der Waals surface area (Å²) in [5.41, 5.74) is 0. The van der Waals surface area contributed by atoms with Crippen LogP contribution in [0.1, 0.15) is 6.42 Å². The van der Waals surface area contributed by atoms with Gasteiger partial charge in [-0.25, -0.2) is 4.98 Å². The van der Waals surface area contributed by atoms with Gasteiger partial charge in [0.05, 0.1) is 4.47 Å². The Balaban J connectivity index is 2.46. The molecule has 0 saturated heterocycles. The van der Waals surface area contributed by atoms with Crippen molar-refractivity contribution in [3.8, 4) is 0 Å². The topological polar surface area (TPSA) is 24.9 Å². The molecule has 0 aromatic carbocycles. The van der Waals surface area contributed by atoms with Gasteiger partial charge < -0.3 is 5.32 Å². The molecule has 1 aromatic rings. The predicted octanol–water partition coefficient (Wildman–Crippen LogP) is 2.88. The average Bonchev–Trinajstić information content (AvgIpc) is 2.09. The first-order valence-electron chi connectivity index (χ1n) is 3.75. The lowest BCUT2D eigenvalue weighted by Gasteiger charge is -2.04. The summed E-state index contributed by atoms with van der Waals surface area (Å²) in [6.07, 6.45) is 2.71. The van der Waals surface area contributed by atoms with Crippen LogP contribution in [0.4, 0.5) is 5.82 Å². The van der Waals surface area contributed by atoms with Crippen LogP contribution in [-0.2, 0) is 0 Å². The van der Waals surface area contributed by atoms with Crippen molar-refractivity contribution in [1.82, 2.24) is 4.98 Å². The smallest absolute Gasteiger partial charge is 0.140 e. The summed E-state index contributed by atoms with van der Waals surface area (Å²) in [4.78, 5) is 4.15. The predicted molar refractivity (Wildman–Crippen MR) is 55.8 cm³/mol. The summed E-state index contributed by atoms with van der Waals surface area (Å²) in [5, 5.41) is 3.17. The highest BCUT2D eigenvalue weighted by Crippen LogP contribution is 2.17. The van der Waals surface area contributed by atoms with Crippen LogP contribution in [0.2, 0.25) is 0 Å². The average molecular weight is 250 g/mol. The van der Waals surface area contributed by atoms with E-state index in [1.54, 1.807) is 6.20 Å². The third-order valence-corrected chi connectivity index (χ3v) is 2.27. The monoisotopic (exact) mass is 248 g/mol. The van der Waals surface area contributed by atoms with Gasteiger partial charge in [-0.05, 0) is 34.5 Å². The van der Waals surface area contributed by atoms with Crippen molar-refractivity contribution >= 4 is 33.3 Å². The van der Waals surface area contributed by atoms with E-state index in [0.29, 0.717) is 5.88 Å². The number of pyridine rings is 1.